The van der Waals surface area contributed by atoms with Crippen LogP contribution >= 0.6 is 12.2 Å². The lowest BCUT2D eigenvalue weighted by atomic mass is 10.1. The molecule has 3 N–H and O–H groups in total. The second-order valence-corrected chi connectivity index (χ2v) is 7.25. The molecule has 0 aliphatic carbocycles. The number of carbonyl (C=O) groups is 1. The maximum absolute atomic E-state index is 12.2. The fourth-order valence-corrected chi connectivity index (χ4v) is 3.23. The van der Waals surface area contributed by atoms with Crippen LogP contribution < -0.4 is 10.6 Å². The molecular weight excluding hydrogens is 424 g/mol. The molecular formula is C25H20N2O4S. The number of hydrogen-bond acceptors (Lipinski definition) is 5. The maximum atomic E-state index is 12.2. The lowest BCUT2D eigenvalue weighted by molar-refractivity contribution is -0.115. The zero-order valence-electron chi connectivity index (χ0n) is 16.9. The maximum Gasteiger partial charge on any atom is 0.250 e. The zero-order valence-corrected chi connectivity index (χ0v) is 17.8. The quantitative estimate of drug-likeness (QED) is 0.279. The van der Waals surface area contributed by atoms with Gasteiger partial charge in [0.15, 0.2) is 5.11 Å². The van der Waals surface area contributed by atoms with Crippen molar-refractivity contribution >= 4 is 35.0 Å². The van der Waals surface area contributed by atoms with Gasteiger partial charge >= 0.3 is 0 Å². The van der Waals surface area contributed by atoms with Crippen molar-refractivity contribution < 1.29 is 18.7 Å². The van der Waals surface area contributed by atoms with Gasteiger partial charge in [-0.2, -0.15) is 0 Å². The Balaban J connectivity index is 1.30. The molecule has 0 radical (unpaired) electrons. The average Bonchev–Trinajstić information content (AvgIpc) is 3.49. The SMILES string of the molecule is O=C(/C=C/c1ccc(-c2ccccc2)o1)NC(=S)Nc1ccc(-c2ccc(CO)o2)cc1. The van der Waals surface area contributed by atoms with Gasteiger partial charge in [-0.3, -0.25) is 10.1 Å². The molecule has 2 aromatic heterocycles. The van der Waals surface area contributed by atoms with E-state index in [2.05, 4.69) is 10.6 Å². The Kier molecular flexibility index (Phi) is 6.60. The van der Waals surface area contributed by atoms with Crippen LogP contribution in [0.1, 0.15) is 11.5 Å². The Hall–Kier alpha value is -3.94. The van der Waals surface area contributed by atoms with Gasteiger partial charge in [-0.05, 0) is 66.8 Å². The second kappa shape index (κ2) is 9.91. The fourth-order valence-electron chi connectivity index (χ4n) is 3.01. The minimum Gasteiger partial charge on any atom is -0.459 e. The van der Waals surface area contributed by atoms with E-state index in [1.54, 1.807) is 24.3 Å². The highest BCUT2D eigenvalue weighted by Crippen LogP contribution is 2.24. The van der Waals surface area contributed by atoms with E-state index >= 15 is 0 Å². The van der Waals surface area contributed by atoms with Gasteiger partial charge < -0.3 is 19.3 Å². The van der Waals surface area contributed by atoms with Crippen LogP contribution in [0.5, 0.6) is 0 Å². The van der Waals surface area contributed by atoms with Crippen molar-refractivity contribution in [1.29, 1.82) is 0 Å². The molecule has 160 valence electrons. The minimum absolute atomic E-state index is 0.143. The third-order valence-corrected chi connectivity index (χ3v) is 4.77. The third-order valence-electron chi connectivity index (χ3n) is 4.57. The largest absolute Gasteiger partial charge is 0.459 e. The van der Waals surface area contributed by atoms with E-state index in [0.717, 1.165) is 22.6 Å². The van der Waals surface area contributed by atoms with Crippen molar-refractivity contribution in [3.8, 4) is 22.6 Å². The number of furan rings is 2. The van der Waals surface area contributed by atoms with Gasteiger partial charge in [0.05, 0.1) is 0 Å². The van der Waals surface area contributed by atoms with E-state index < -0.39 is 0 Å². The summed E-state index contributed by atoms with van der Waals surface area (Å²) < 4.78 is 11.3. The molecule has 0 atom stereocenters. The summed E-state index contributed by atoms with van der Waals surface area (Å²) in [4.78, 5) is 12.2. The molecule has 0 spiro atoms. The van der Waals surface area contributed by atoms with Gasteiger partial charge in [-0.1, -0.05) is 30.3 Å². The Morgan fingerprint density at radius 3 is 2.28 bits per heavy atom. The van der Waals surface area contributed by atoms with Crippen LogP contribution in [0.3, 0.4) is 0 Å². The highest BCUT2D eigenvalue weighted by molar-refractivity contribution is 7.80. The molecule has 6 nitrogen and oxygen atoms in total. The molecule has 4 aromatic rings. The number of aliphatic hydroxyl groups excluding tert-OH is 1. The number of hydrogen-bond donors (Lipinski definition) is 3. The summed E-state index contributed by atoms with van der Waals surface area (Å²) in [6.45, 7) is -0.143. The van der Waals surface area contributed by atoms with E-state index in [4.69, 9.17) is 26.2 Å². The van der Waals surface area contributed by atoms with Crippen molar-refractivity contribution in [2.24, 2.45) is 0 Å². The number of rotatable bonds is 6. The van der Waals surface area contributed by atoms with Gasteiger partial charge in [-0.25, -0.2) is 0 Å². The van der Waals surface area contributed by atoms with E-state index in [1.807, 2.05) is 60.7 Å². The van der Waals surface area contributed by atoms with Crippen LogP contribution in [0.25, 0.3) is 28.7 Å². The number of carbonyl (C=O) groups excluding carboxylic acids is 1. The van der Waals surface area contributed by atoms with Crippen molar-refractivity contribution in [3.05, 3.63) is 96.5 Å². The molecule has 7 heteroatoms. The van der Waals surface area contributed by atoms with Gasteiger partial charge in [-0.15, -0.1) is 0 Å². The van der Waals surface area contributed by atoms with E-state index in [0.29, 0.717) is 17.3 Å². The lowest BCUT2D eigenvalue weighted by Crippen LogP contribution is -2.32. The Labute approximate surface area is 190 Å². The summed E-state index contributed by atoms with van der Waals surface area (Å²) in [6, 6.07) is 24.3. The van der Waals surface area contributed by atoms with Crippen LogP contribution in [0, 0.1) is 0 Å². The monoisotopic (exact) mass is 444 g/mol. The zero-order chi connectivity index (χ0) is 22.3. The van der Waals surface area contributed by atoms with Crippen molar-refractivity contribution in [2.75, 3.05) is 5.32 Å². The van der Waals surface area contributed by atoms with Gasteiger partial charge in [0.1, 0.15) is 29.6 Å². The standard InChI is InChI=1S/C25H20N2O4S/c28-16-21-11-14-23(31-21)18-6-8-19(9-7-18)26-25(32)27-24(29)15-12-20-10-13-22(30-20)17-4-2-1-3-5-17/h1-15,28H,16H2,(H2,26,27,29,32)/b15-12+. The van der Waals surface area contributed by atoms with Gasteiger partial charge in [0, 0.05) is 22.9 Å². The molecule has 4 rings (SSSR count). The van der Waals surface area contributed by atoms with E-state index in [1.165, 1.54) is 6.08 Å². The smallest absolute Gasteiger partial charge is 0.250 e. The molecule has 2 heterocycles. The number of thiocarbonyl (C=S) groups is 1. The first-order valence-electron chi connectivity index (χ1n) is 9.86. The number of amides is 1. The summed E-state index contributed by atoms with van der Waals surface area (Å²) in [7, 11) is 0. The van der Waals surface area contributed by atoms with Crippen molar-refractivity contribution in [2.45, 2.75) is 6.61 Å². The minimum atomic E-state index is -0.371. The van der Waals surface area contributed by atoms with Crippen molar-refractivity contribution in [1.82, 2.24) is 5.32 Å². The first kappa shape index (κ1) is 21.3. The third kappa shape index (κ3) is 5.40. The molecule has 0 saturated heterocycles. The Morgan fingerprint density at radius 2 is 1.56 bits per heavy atom. The fraction of sp³-hybridized carbons (Fsp3) is 0.0400. The molecule has 2 aromatic carbocycles. The normalized spacial score (nSPS) is 10.9. The molecule has 0 aliphatic rings. The first-order chi connectivity index (χ1) is 15.6. The van der Waals surface area contributed by atoms with Gasteiger partial charge in [0.25, 0.3) is 0 Å². The van der Waals surface area contributed by atoms with Crippen LogP contribution in [-0.2, 0) is 11.4 Å². The predicted octanol–water partition coefficient (Wildman–Crippen LogP) is 5.23. The summed E-state index contributed by atoms with van der Waals surface area (Å²) in [5.41, 5.74) is 2.55. The van der Waals surface area contributed by atoms with Crippen LogP contribution in [0.4, 0.5) is 5.69 Å². The van der Waals surface area contributed by atoms with E-state index in [9.17, 15) is 4.79 Å². The molecule has 0 saturated carbocycles. The van der Waals surface area contributed by atoms with Crippen LogP contribution in [0.15, 0.2) is 93.8 Å². The average molecular weight is 445 g/mol. The second-order valence-electron chi connectivity index (χ2n) is 6.85. The predicted molar refractivity (Wildman–Crippen MR) is 128 cm³/mol. The molecule has 0 fully saturated rings. The summed E-state index contributed by atoms with van der Waals surface area (Å²) in [5, 5.41) is 14.8. The lowest BCUT2D eigenvalue weighted by Gasteiger charge is -2.08. The van der Waals surface area contributed by atoms with Gasteiger partial charge in [0.2, 0.25) is 5.91 Å². The van der Waals surface area contributed by atoms with Crippen LogP contribution in [-0.4, -0.2) is 16.1 Å². The molecule has 0 unspecified atom stereocenters. The molecule has 32 heavy (non-hydrogen) atoms. The Morgan fingerprint density at radius 1 is 0.875 bits per heavy atom. The summed E-state index contributed by atoms with van der Waals surface area (Å²) in [5.74, 6) is 2.09. The molecule has 0 bridgehead atoms. The summed E-state index contributed by atoms with van der Waals surface area (Å²) in [6.07, 6.45) is 2.95. The molecule has 1 amide bonds. The highest BCUT2D eigenvalue weighted by Gasteiger charge is 2.07. The number of aliphatic hydroxyl groups is 1. The number of benzene rings is 2. The number of nitrogens with one attached hydrogen (secondary N) is 2. The topological polar surface area (TPSA) is 87.6 Å². The Bertz CT molecular complexity index is 1240. The number of anilines is 1. The first-order valence-corrected chi connectivity index (χ1v) is 10.3. The van der Waals surface area contributed by atoms with Crippen molar-refractivity contribution in [3.63, 3.8) is 0 Å². The van der Waals surface area contributed by atoms with Crippen LogP contribution in [0.2, 0.25) is 0 Å². The molecule has 0 aliphatic heterocycles. The highest BCUT2D eigenvalue weighted by atomic mass is 32.1. The summed E-state index contributed by atoms with van der Waals surface area (Å²) >= 11 is 5.21. The van der Waals surface area contributed by atoms with E-state index in [-0.39, 0.29) is 17.6 Å².